The van der Waals surface area contributed by atoms with E-state index in [1.165, 1.54) is 18.5 Å². The highest BCUT2D eigenvalue weighted by Crippen LogP contribution is 2.03. The van der Waals surface area contributed by atoms with Crippen LogP contribution in [0.15, 0.2) is 12.3 Å². The van der Waals surface area contributed by atoms with Gasteiger partial charge < -0.3 is 5.32 Å². The summed E-state index contributed by atoms with van der Waals surface area (Å²) in [6.07, 6.45) is 2.46. The number of hydrogen-bond donors (Lipinski definition) is 1. The molecule has 1 heteroatoms. The number of nitrogens with one attached hydrogen (secondary N) is 1. The summed E-state index contributed by atoms with van der Waals surface area (Å²) in [4.78, 5) is 0. The number of allylic oxidation sites excluding steroid dienone is 1. The third-order valence-corrected chi connectivity index (χ3v) is 1.03. The van der Waals surface area contributed by atoms with Crippen molar-refractivity contribution in [1.29, 1.82) is 0 Å². The molecule has 1 nitrogen and oxygen atoms in total. The maximum atomic E-state index is 3.74. The first kappa shape index (κ1) is 7.54. The summed E-state index contributed by atoms with van der Waals surface area (Å²) in [6, 6.07) is 0. The lowest BCUT2D eigenvalue weighted by molar-refractivity contribution is 0.904. The average Bonchev–Trinajstić information content (AvgIpc) is 2.24. The molecule has 1 aliphatic heterocycles. The van der Waals surface area contributed by atoms with Gasteiger partial charge in [0.1, 0.15) is 0 Å². The Morgan fingerprint density at radius 3 is 2.25 bits per heavy atom. The van der Waals surface area contributed by atoms with Gasteiger partial charge in [-0.3, -0.25) is 0 Å². The van der Waals surface area contributed by atoms with E-state index in [-0.39, 0.29) is 0 Å². The van der Waals surface area contributed by atoms with E-state index in [4.69, 9.17) is 0 Å². The molecule has 0 saturated carbocycles. The van der Waals surface area contributed by atoms with E-state index in [0.717, 1.165) is 6.54 Å². The summed E-state index contributed by atoms with van der Waals surface area (Å²) in [5.41, 5.74) is 1.20. The molecule has 0 radical (unpaired) electrons. The van der Waals surface area contributed by atoms with E-state index in [1.807, 2.05) is 13.8 Å². The van der Waals surface area contributed by atoms with Crippen LogP contribution >= 0.6 is 0 Å². The third kappa shape index (κ3) is 2.67. The summed E-state index contributed by atoms with van der Waals surface area (Å²) in [6.45, 7) is 8.88. The van der Waals surface area contributed by atoms with E-state index in [1.54, 1.807) is 0 Å². The predicted octanol–water partition coefficient (Wildman–Crippen LogP) is 1.91. The number of hydrogen-bond acceptors (Lipinski definition) is 1. The fourth-order valence-corrected chi connectivity index (χ4v) is 0.655. The van der Waals surface area contributed by atoms with Gasteiger partial charge in [-0.15, -0.1) is 0 Å². The lowest BCUT2D eigenvalue weighted by Gasteiger charge is -1.87. The van der Waals surface area contributed by atoms with Gasteiger partial charge >= 0.3 is 0 Å². The highest BCUT2D eigenvalue weighted by molar-refractivity contribution is 4.95. The highest BCUT2D eigenvalue weighted by Gasteiger charge is 1.98. The van der Waals surface area contributed by atoms with Gasteiger partial charge in [-0.1, -0.05) is 20.4 Å². The van der Waals surface area contributed by atoms with Crippen LogP contribution in [0, 0.1) is 0 Å². The Morgan fingerprint density at radius 1 is 1.50 bits per heavy atom. The molecule has 0 atom stereocenters. The van der Waals surface area contributed by atoms with Crippen LogP contribution in [-0.2, 0) is 0 Å². The molecule has 1 rings (SSSR count). The van der Waals surface area contributed by atoms with Crippen LogP contribution in [0.4, 0.5) is 0 Å². The van der Waals surface area contributed by atoms with Crippen molar-refractivity contribution in [3.8, 4) is 0 Å². The Bertz CT molecular complexity index is 58.8. The monoisotopic (exact) mass is 113 g/mol. The standard InChI is InChI=1S/C5H9N.C2H6/c1-5-3-2-4-6-5;1-2/h6H,1-4H2;1-2H3. The van der Waals surface area contributed by atoms with Crippen molar-refractivity contribution >= 4 is 0 Å². The molecule has 1 heterocycles. The molecule has 1 fully saturated rings. The molecule has 8 heavy (non-hydrogen) atoms. The highest BCUT2D eigenvalue weighted by atomic mass is 14.9. The number of rotatable bonds is 0. The molecule has 1 aliphatic rings. The van der Waals surface area contributed by atoms with Crippen LogP contribution in [0.2, 0.25) is 0 Å². The molecule has 0 unspecified atom stereocenters. The first-order chi connectivity index (χ1) is 3.89. The zero-order valence-electron chi connectivity index (χ0n) is 5.83. The fourth-order valence-electron chi connectivity index (χ4n) is 0.655. The van der Waals surface area contributed by atoms with Crippen LogP contribution in [0.1, 0.15) is 26.7 Å². The van der Waals surface area contributed by atoms with E-state index in [9.17, 15) is 0 Å². The second-order valence-corrected chi connectivity index (χ2v) is 1.63. The molecule has 0 amide bonds. The normalized spacial score (nSPS) is 16.5. The summed E-state index contributed by atoms with van der Waals surface area (Å²) in [5, 5.41) is 3.12. The molecule has 0 aliphatic carbocycles. The Labute approximate surface area is 51.8 Å². The van der Waals surface area contributed by atoms with Crippen LogP contribution in [-0.4, -0.2) is 6.54 Å². The van der Waals surface area contributed by atoms with Gasteiger partial charge in [-0.25, -0.2) is 0 Å². The Balaban J connectivity index is 0.000000222. The van der Waals surface area contributed by atoms with Crippen molar-refractivity contribution in [2.75, 3.05) is 6.54 Å². The molecular weight excluding hydrogens is 98.1 g/mol. The van der Waals surface area contributed by atoms with Gasteiger partial charge in [0.2, 0.25) is 0 Å². The van der Waals surface area contributed by atoms with E-state index >= 15 is 0 Å². The van der Waals surface area contributed by atoms with Crippen molar-refractivity contribution in [3.63, 3.8) is 0 Å². The van der Waals surface area contributed by atoms with E-state index in [2.05, 4.69) is 11.9 Å². The van der Waals surface area contributed by atoms with Gasteiger partial charge in [0, 0.05) is 12.2 Å². The van der Waals surface area contributed by atoms with Gasteiger partial charge in [-0.05, 0) is 12.8 Å². The minimum absolute atomic E-state index is 1.14. The quantitative estimate of drug-likeness (QED) is 0.506. The van der Waals surface area contributed by atoms with Gasteiger partial charge in [-0.2, -0.15) is 0 Å². The van der Waals surface area contributed by atoms with Crippen molar-refractivity contribution in [3.05, 3.63) is 12.3 Å². The average molecular weight is 113 g/mol. The minimum Gasteiger partial charge on any atom is -0.389 e. The molecule has 0 aromatic heterocycles. The van der Waals surface area contributed by atoms with Crippen LogP contribution in [0.5, 0.6) is 0 Å². The summed E-state index contributed by atoms with van der Waals surface area (Å²) >= 11 is 0. The minimum atomic E-state index is 1.14. The summed E-state index contributed by atoms with van der Waals surface area (Å²) in [5.74, 6) is 0. The Morgan fingerprint density at radius 2 is 2.12 bits per heavy atom. The van der Waals surface area contributed by atoms with Gasteiger partial charge in [0.15, 0.2) is 0 Å². The predicted molar refractivity (Wildman–Crippen MR) is 37.7 cm³/mol. The Kier molecular flexibility index (Phi) is 4.42. The van der Waals surface area contributed by atoms with Crippen LogP contribution in [0.25, 0.3) is 0 Å². The molecule has 0 aromatic rings. The van der Waals surface area contributed by atoms with Crippen LogP contribution in [0.3, 0.4) is 0 Å². The molecule has 0 aromatic carbocycles. The Hall–Kier alpha value is -0.460. The zero-order chi connectivity index (χ0) is 6.41. The largest absolute Gasteiger partial charge is 0.389 e. The second-order valence-electron chi connectivity index (χ2n) is 1.63. The lowest BCUT2D eigenvalue weighted by Crippen LogP contribution is -2.00. The van der Waals surface area contributed by atoms with Crippen LogP contribution < -0.4 is 5.32 Å². The van der Waals surface area contributed by atoms with Crippen molar-refractivity contribution in [2.45, 2.75) is 26.7 Å². The molecule has 0 bridgehead atoms. The third-order valence-electron chi connectivity index (χ3n) is 1.03. The summed E-state index contributed by atoms with van der Waals surface area (Å²) < 4.78 is 0. The first-order valence-electron chi connectivity index (χ1n) is 3.31. The topological polar surface area (TPSA) is 12.0 Å². The zero-order valence-corrected chi connectivity index (χ0v) is 5.83. The van der Waals surface area contributed by atoms with Crippen molar-refractivity contribution < 1.29 is 0 Å². The van der Waals surface area contributed by atoms with Crippen molar-refractivity contribution in [1.82, 2.24) is 5.32 Å². The smallest absolute Gasteiger partial charge is 0.0147 e. The fraction of sp³-hybridized carbons (Fsp3) is 0.714. The maximum absolute atomic E-state index is 3.74. The summed E-state index contributed by atoms with van der Waals surface area (Å²) in [7, 11) is 0. The molecule has 48 valence electrons. The maximum Gasteiger partial charge on any atom is 0.0147 e. The molecule has 1 N–H and O–H groups in total. The van der Waals surface area contributed by atoms with E-state index < -0.39 is 0 Å². The first-order valence-corrected chi connectivity index (χ1v) is 3.31. The van der Waals surface area contributed by atoms with E-state index in [0.29, 0.717) is 0 Å². The molecule has 1 saturated heterocycles. The molecule has 0 spiro atoms. The molecular formula is C7H15N. The van der Waals surface area contributed by atoms with Gasteiger partial charge in [0.25, 0.3) is 0 Å². The lowest BCUT2D eigenvalue weighted by atomic mass is 10.3. The second kappa shape index (κ2) is 4.69. The van der Waals surface area contributed by atoms with Crippen molar-refractivity contribution in [2.24, 2.45) is 0 Å². The SMILES string of the molecule is C=C1CCCN1.CC. The van der Waals surface area contributed by atoms with Gasteiger partial charge in [0.05, 0.1) is 0 Å².